The Kier molecular flexibility index (Phi) is 4.48. The monoisotopic (exact) mass is 332 g/mol. The standard InChI is InChI=1S/C19H16N4O2/c1-23-17-10-6-5-9-16(17)22-18(23)13(11-20)12-21-15-8-4-3-7-14(15)19(24)25-2/h3-10,12,21H,1-2H3/b13-12+. The quantitative estimate of drug-likeness (QED) is 0.585. The Morgan fingerprint density at radius 2 is 1.96 bits per heavy atom. The second-order valence-corrected chi connectivity index (χ2v) is 5.33. The summed E-state index contributed by atoms with van der Waals surface area (Å²) in [6.07, 6.45) is 1.54. The van der Waals surface area contributed by atoms with Crippen molar-refractivity contribution in [3.05, 3.63) is 66.1 Å². The van der Waals surface area contributed by atoms with E-state index in [9.17, 15) is 10.1 Å². The molecule has 0 spiro atoms. The van der Waals surface area contributed by atoms with E-state index in [0.717, 1.165) is 11.0 Å². The summed E-state index contributed by atoms with van der Waals surface area (Å²) in [6.45, 7) is 0. The van der Waals surface area contributed by atoms with Gasteiger partial charge < -0.3 is 14.6 Å². The zero-order chi connectivity index (χ0) is 17.8. The van der Waals surface area contributed by atoms with Gasteiger partial charge in [-0.3, -0.25) is 0 Å². The smallest absolute Gasteiger partial charge is 0.339 e. The molecule has 0 atom stereocenters. The number of fused-ring (bicyclic) bond motifs is 1. The highest BCUT2D eigenvalue weighted by Crippen LogP contribution is 2.21. The Labute approximate surface area is 145 Å². The van der Waals surface area contributed by atoms with Gasteiger partial charge in [0.25, 0.3) is 0 Å². The largest absolute Gasteiger partial charge is 0.465 e. The maximum Gasteiger partial charge on any atom is 0.339 e. The maximum absolute atomic E-state index is 11.8. The fraction of sp³-hybridized carbons (Fsp3) is 0.105. The summed E-state index contributed by atoms with van der Waals surface area (Å²) in [5.74, 6) is 0.101. The molecule has 0 amide bonds. The van der Waals surface area contributed by atoms with Crippen LogP contribution in [0.5, 0.6) is 0 Å². The maximum atomic E-state index is 11.8. The molecule has 1 aromatic heterocycles. The van der Waals surface area contributed by atoms with Gasteiger partial charge in [-0.15, -0.1) is 0 Å². The Hall–Kier alpha value is -3.59. The molecule has 1 N–H and O–H groups in total. The molecule has 6 nitrogen and oxygen atoms in total. The van der Waals surface area contributed by atoms with Gasteiger partial charge in [0.2, 0.25) is 0 Å². The predicted octanol–water partition coefficient (Wildman–Crippen LogP) is 3.34. The number of para-hydroxylation sites is 3. The van der Waals surface area contributed by atoms with Crippen LogP contribution in [-0.4, -0.2) is 22.6 Å². The molecule has 0 aliphatic carbocycles. The number of methoxy groups -OCH3 is 1. The lowest BCUT2D eigenvalue weighted by Crippen LogP contribution is -2.05. The number of anilines is 1. The van der Waals surface area contributed by atoms with Gasteiger partial charge >= 0.3 is 5.97 Å². The van der Waals surface area contributed by atoms with Gasteiger partial charge in [-0.25, -0.2) is 9.78 Å². The average molecular weight is 332 g/mol. The highest BCUT2D eigenvalue weighted by molar-refractivity contribution is 5.96. The fourth-order valence-corrected chi connectivity index (χ4v) is 2.58. The van der Waals surface area contributed by atoms with E-state index in [1.54, 1.807) is 30.5 Å². The molecule has 0 saturated heterocycles. The third kappa shape index (κ3) is 3.08. The Morgan fingerprint density at radius 3 is 2.68 bits per heavy atom. The van der Waals surface area contributed by atoms with E-state index in [4.69, 9.17) is 4.74 Å². The first-order valence-corrected chi connectivity index (χ1v) is 7.61. The van der Waals surface area contributed by atoms with Crippen LogP contribution in [0.15, 0.2) is 54.7 Å². The number of carbonyl (C=O) groups is 1. The topological polar surface area (TPSA) is 79.9 Å². The second kappa shape index (κ2) is 6.89. The van der Waals surface area contributed by atoms with Crippen LogP contribution in [0.2, 0.25) is 0 Å². The number of nitrogens with zero attached hydrogens (tertiary/aromatic N) is 3. The van der Waals surface area contributed by atoms with Crippen molar-refractivity contribution in [1.82, 2.24) is 9.55 Å². The molecule has 2 aromatic carbocycles. The van der Waals surface area contributed by atoms with Crippen molar-refractivity contribution in [2.75, 3.05) is 12.4 Å². The van der Waals surface area contributed by atoms with E-state index in [1.807, 2.05) is 35.9 Å². The third-order valence-electron chi connectivity index (χ3n) is 3.85. The van der Waals surface area contributed by atoms with Crippen molar-refractivity contribution in [2.45, 2.75) is 0 Å². The Morgan fingerprint density at radius 1 is 1.24 bits per heavy atom. The summed E-state index contributed by atoms with van der Waals surface area (Å²) in [6, 6.07) is 16.8. The number of rotatable bonds is 4. The Bertz CT molecular complexity index is 1010. The van der Waals surface area contributed by atoms with Crippen LogP contribution < -0.4 is 5.32 Å². The van der Waals surface area contributed by atoms with Gasteiger partial charge in [0.1, 0.15) is 11.6 Å². The van der Waals surface area contributed by atoms with Crippen molar-refractivity contribution >= 4 is 28.3 Å². The van der Waals surface area contributed by atoms with Crippen LogP contribution in [0.3, 0.4) is 0 Å². The number of hydrogen-bond acceptors (Lipinski definition) is 5. The molecule has 0 bridgehead atoms. The van der Waals surface area contributed by atoms with Crippen LogP contribution in [-0.2, 0) is 11.8 Å². The lowest BCUT2D eigenvalue weighted by molar-refractivity contribution is 0.0602. The van der Waals surface area contributed by atoms with Crippen LogP contribution >= 0.6 is 0 Å². The summed E-state index contributed by atoms with van der Waals surface area (Å²) in [4.78, 5) is 16.3. The number of ether oxygens (including phenoxy) is 1. The first-order chi connectivity index (χ1) is 12.2. The van der Waals surface area contributed by atoms with E-state index in [1.165, 1.54) is 7.11 Å². The second-order valence-electron chi connectivity index (χ2n) is 5.33. The van der Waals surface area contributed by atoms with E-state index < -0.39 is 5.97 Å². The zero-order valence-electron chi connectivity index (χ0n) is 13.9. The molecule has 0 aliphatic heterocycles. The molecular formula is C19H16N4O2. The molecule has 0 fully saturated rings. The molecule has 124 valence electrons. The molecular weight excluding hydrogens is 316 g/mol. The number of imidazole rings is 1. The molecule has 3 aromatic rings. The third-order valence-corrected chi connectivity index (χ3v) is 3.85. The van der Waals surface area contributed by atoms with Crippen LogP contribution in [0.25, 0.3) is 16.6 Å². The molecule has 0 aliphatic rings. The summed E-state index contributed by atoms with van der Waals surface area (Å²) >= 11 is 0. The minimum absolute atomic E-state index is 0.360. The first kappa shape index (κ1) is 16.3. The molecule has 1 heterocycles. The number of aromatic nitrogens is 2. The van der Waals surface area contributed by atoms with Gasteiger partial charge in [-0.05, 0) is 24.3 Å². The predicted molar refractivity (Wildman–Crippen MR) is 95.7 cm³/mol. The lowest BCUT2D eigenvalue weighted by atomic mass is 10.2. The van der Waals surface area contributed by atoms with Crippen LogP contribution in [0.4, 0.5) is 5.69 Å². The van der Waals surface area contributed by atoms with Crippen molar-refractivity contribution in [2.24, 2.45) is 7.05 Å². The molecule has 3 rings (SSSR count). The van der Waals surface area contributed by atoms with Gasteiger partial charge in [-0.1, -0.05) is 24.3 Å². The van der Waals surface area contributed by atoms with E-state index in [-0.39, 0.29) is 0 Å². The van der Waals surface area contributed by atoms with Gasteiger partial charge in [0.15, 0.2) is 5.82 Å². The number of aryl methyl sites for hydroxylation is 1. The summed E-state index contributed by atoms with van der Waals surface area (Å²) in [5, 5.41) is 12.5. The highest BCUT2D eigenvalue weighted by Gasteiger charge is 2.13. The number of nitriles is 1. The number of esters is 1. The number of carbonyl (C=O) groups excluding carboxylic acids is 1. The van der Waals surface area contributed by atoms with Gasteiger partial charge in [-0.2, -0.15) is 5.26 Å². The summed E-state index contributed by atoms with van der Waals surface area (Å²) in [5.41, 5.74) is 3.06. The molecule has 0 radical (unpaired) electrons. The van der Waals surface area contributed by atoms with Gasteiger partial charge in [0, 0.05) is 13.2 Å². The van der Waals surface area contributed by atoms with E-state index in [2.05, 4.69) is 16.4 Å². The minimum atomic E-state index is -0.447. The molecule has 25 heavy (non-hydrogen) atoms. The van der Waals surface area contributed by atoms with E-state index in [0.29, 0.717) is 22.6 Å². The fourth-order valence-electron chi connectivity index (χ4n) is 2.58. The van der Waals surface area contributed by atoms with Crippen molar-refractivity contribution < 1.29 is 9.53 Å². The summed E-state index contributed by atoms with van der Waals surface area (Å²) in [7, 11) is 3.19. The van der Waals surface area contributed by atoms with Crippen LogP contribution in [0, 0.1) is 11.3 Å². The van der Waals surface area contributed by atoms with Crippen molar-refractivity contribution in [1.29, 1.82) is 5.26 Å². The normalized spacial score (nSPS) is 11.2. The molecule has 0 unspecified atom stereocenters. The van der Waals surface area contributed by atoms with Crippen LogP contribution in [0.1, 0.15) is 16.2 Å². The number of nitrogens with one attached hydrogen (secondary N) is 1. The molecule has 0 saturated carbocycles. The number of allylic oxidation sites excluding steroid dienone is 1. The van der Waals surface area contributed by atoms with Crippen molar-refractivity contribution in [3.63, 3.8) is 0 Å². The van der Waals surface area contributed by atoms with E-state index >= 15 is 0 Å². The zero-order valence-corrected chi connectivity index (χ0v) is 13.9. The van der Waals surface area contributed by atoms with Gasteiger partial charge in [0.05, 0.1) is 29.4 Å². The molecule has 6 heteroatoms. The Balaban J connectivity index is 1.98. The highest BCUT2D eigenvalue weighted by atomic mass is 16.5. The van der Waals surface area contributed by atoms with Crippen molar-refractivity contribution in [3.8, 4) is 6.07 Å². The first-order valence-electron chi connectivity index (χ1n) is 7.61. The minimum Gasteiger partial charge on any atom is -0.465 e. The lowest BCUT2D eigenvalue weighted by Gasteiger charge is -2.08. The number of benzene rings is 2. The average Bonchev–Trinajstić information content (AvgIpc) is 2.99. The number of hydrogen-bond donors (Lipinski definition) is 1. The summed E-state index contributed by atoms with van der Waals surface area (Å²) < 4.78 is 6.63. The SMILES string of the molecule is COC(=O)c1ccccc1N/C=C(\C#N)c1nc2ccccc2n1C.